The molecule has 5 nitrogen and oxygen atoms in total. The molecule has 0 aliphatic carbocycles. The molecule has 0 aliphatic rings. The number of carbonyl (C=O) groups is 2. The summed E-state index contributed by atoms with van der Waals surface area (Å²) in [5, 5.41) is 11.3. The minimum atomic E-state index is -1.01. The quantitative estimate of drug-likeness (QED) is 0.780. The first kappa shape index (κ1) is 12.2. The molecular weight excluding hydrogens is 208 g/mol. The number of nitrogens with one attached hydrogen (secondary N) is 1. The Bertz CT molecular complexity index is 365. The van der Waals surface area contributed by atoms with Crippen LogP contribution in [0.2, 0.25) is 0 Å². The van der Waals surface area contributed by atoms with Gasteiger partial charge in [-0.1, -0.05) is 13.3 Å². The van der Waals surface area contributed by atoms with Gasteiger partial charge in [0, 0.05) is 18.0 Å². The van der Waals surface area contributed by atoms with Crippen molar-refractivity contribution in [1.82, 2.24) is 10.3 Å². The second-order valence-electron chi connectivity index (χ2n) is 3.39. The van der Waals surface area contributed by atoms with Gasteiger partial charge in [0.15, 0.2) is 0 Å². The fourth-order valence-electron chi connectivity index (χ4n) is 1.29. The summed E-state index contributed by atoms with van der Waals surface area (Å²) in [5.74, 6) is -1.40. The summed E-state index contributed by atoms with van der Waals surface area (Å²) in [4.78, 5) is 26.2. The molecule has 0 aromatic carbocycles. The smallest absolute Gasteiger partial charge is 0.326 e. The van der Waals surface area contributed by atoms with Crippen molar-refractivity contribution >= 4 is 11.9 Å². The molecular formula is C11H14N2O3. The number of carboxylic acid groups (broad SMARTS) is 1. The zero-order valence-electron chi connectivity index (χ0n) is 9.01. The Morgan fingerprint density at radius 3 is 2.56 bits per heavy atom. The number of nitrogens with zero attached hydrogens (tertiary/aromatic N) is 1. The highest BCUT2D eigenvalue weighted by Crippen LogP contribution is 2.01. The van der Waals surface area contributed by atoms with E-state index in [1.54, 1.807) is 12.1 Å². The molecule has 1 aromatic rings. The van der Waals surface area contributed by atoms with Crippen LogP contribution in [0, 0.1) is 0 Å². The zero-order valence-corrected chi connectivity index (χ0v) is 9.01. The van der Waals surface area contributed by atoms with Crippen molar-refractivity contribution in [2.24, 2.45) is 0 Å². The summed E-state index contributed by atoms with van der Waals surface area (Å²) in [6, 6.07) is 2.26. The molecule has 86 valence electrons. The summed E-state index contributed by atoms with van der Waals surface area (Å²) >= 11 is 0. The second-order valence-corrected chi connectivity index (χ2v) is 3.39. The number of hydrogen-bond donors (Lipinski definition) is 2. The average Bonchev–Trinajstić information content (AvgIpc) is 2.29. The summed E-state index contributed by atoms with van der Waals surface area (Å²) in [7, 11) is 0. The standard InChI is InChI=1S/C11H14N2O3/c1-2-3-9(11(15)16)13-10(14)8-4-6-12-7-5-8/h4-7,9H,2-3H2,1H3,(H,13,14)(H,15,16)/t9-/m0/s1. The summed E-state index contributed by atoms with van der Waals surface area (Å²) in [6.45, 7) is 1.87. The van der Waals surface area contributed by atoms with Crippen molar-refractivity contribution in [2.75, 3.05) is 0 Å². The van der Waals surface area contributed by atoms with E-state index in [1.165, 1.54) is 12.4 Å². The minimum Gasteiger partial charge on any atom is -0.480 e. The van der Waals surface area contributed by atoms with Crippen LogP contribution in [0.3, 0.4) is 0 Å². The maximum Gasteiger partial charge on any atom is 0.326 e. The fraction of sp³-hybridized carbons (Fsp3) is 0.364. The third-order valence-corrected chi connectivity index (χ3v) is 2.12. The lowest BCUT2D eigenvalue weighted by Crippen LogP contribution is -2.40. The third-order valence-electron chi connectivity index (χ3n) is 2.12. The van der Waals surface area contributed by atoms with Gasteiger partial charge in [-0.25, -0.2) is 4.79 Å². The van der Waals surface area contributed by atoms with E-state index < -0.39 is 12.0 Å². The number of amides is 1. The number of aromatic nitrogens is 1. The zero-order chi connectivity index (χ0) is 12.0. The van der Waals surface area contributed by atoms with Crippen molar-refractivity contribution in [2.45, 2.75) is 25.8 Å². The Morgan fingerprint density at radius 1 is 1.44 bits per heavy atom. The van der Waals surface area contributed by atoms with Gasteiger partial charge in [-0.05, 0) is 18.6 Å². The molecule has 5 heteroatoms. The first-order chi connectivity index (χ1) is 7.65. The van der Waals surface area contributed by atoms with E-state index in [-0.39, 0.29) is 5.91 Å². The first-order valence-electron chi connectivity index (χ1n) is 5.08. The van der Waals surface area contributed by atoms with Crippen LogP contribution in [-0.4, -0.2) is 28.0 Å². The van der Waals surface area contributed by atoms with E-state index in [0.29, 0.717) is 18.4 Å². The lowest BCUT2D eigenvalue weighted by atomic mass is 10.1. The molecule has 1 aromatic heterocycles. The second kappa shape index (κ2) is 5.85. The van der Waals surface area contributed by atoms with Crippen molar-refractivity contribution < 1.29 is 14.7 Å². The fourth-order valence-corrected chi connectivity index (χ4v) is 1.29. The monoisotopic (exact) mass is 222 g/mol. The maximum atomic E-state index is 11.6. The number of rotatable bonds is 5. The van der Waals surface area contributed by atoms with Gasteiger partial charge < -0.3 is 10.4 Å². The van der Waals surface area contributed by atoms with Crippen molar-refractivity contribution in [3.05, 3.63) is 30.1 Å². The van der Waals surface area contributed by atoms with Gasteiger partial charge in [-0.2, -0.15) is 0 Å². The summed E-state index contributed by atoms with van der Waals surface area (Å²) in [5.41, 5.74) is 0.414. The van der Waals surface area contributed by atoms with Gasteiger partial charge in [0.25, 0.3) is 5.91 Å². The third kappa shape index (κ3) is 3.34. The Hall–Kier alpha value is -1.91. The highest BCUT2D eigenvalue weighted by Gasteiger charge is 2.19. The Kier molecular flexibility index (Phi) is 4.44. The van der Waals surface area contributed by atoms with Gasteiger partial charge in [0.1, 0.15) is 6.04 Å². The van der Waals surface area contributed by atoms with E-state index in [2.05, 4.69) is 10.3 Å². The first-order valence-corrected chi connectivity index (χ1v) is 5.08. The number of carboxylic acids is 1. The Morgan fingerprint density at radius 2 is 2.06 bits per heavy atom. The lowest BCUT2D eigenvalue weighted by molar-refractivity contribution is -0.139. The molecule has 1 rings (SSSR count). The molecule has 1 heterocycles. The number of hydrogen-bond acceptors (Lipinski definition) is 3. The Labute approximate surface area is 93.5 Å². The Balaban J connectivity index is 2.65. The molecule has 0 unspecified atom stereocenters. The number of aliphatic carboxylic acids is 1. The molecule has 0 radical (unpaired) electrons. The molecule has 0 fully saturated rings. The highest BCUT2D eigenvalue weighted by molar-refractivity contribution is 5.96. The predicted molar refractivity (Wildman–Crippen MR) is 58.0 cm³/mol. The van der Waals surface area contributed by atoms with Gasteiger partial charge >= 0.3 is 5.97 Å². The topological polar surface area (TPSA) is 79.3 Å². The van der Waals surface area contributed by atoms with Crippen LogP contribution in [0.4, 0.5) is 0 Å². The average molecular weight is 222 g/mol. The van der Waals surface area contributed by atoms with Crippen molar-refractivity contribution in [3.8, 4) is 0 Å². The van der Waals surface area contributed by atoms with Crippen molar-refractivity contribution in [3.63, 3.8) is 0 Å². The van der Waals surface area contributed by atoms with E-state index in [4.69, 9.17) is 5.11 Å². The summed E-state index contributed by atoms with van der Waals surface area (Å²) < 4.78 is 0. The highest BCUT2D eigenvalue weighted by atomic mass is 16.4. The minimum absolute atomic E-state index is 0.386. The van der Waals surface area contributed by atoms with E-state index >= 15 is 0 Å². The lowest BCUT2D eigenvalue weighted by Gasteiger charge is -2.13. The van der Waals surface area contributed by atoms with Gasteiger partial charge in [0.2, 0.25) is 0 Å². The van der Waals surface area contributed by atoms with Crippen LogP contribution in [0.5, 0.6) is 0 Å². The van der Waals surface area contributed by atoms with E-state index in [9.17, 15) is 9.59 Å². The summed E-state index contributed by atoms with van der Waals surface area (Å²) in [6.07, 6.45) is 4.11. The largest absolute Gasteiger partial charge is 0.480 e. The van der Waals surface area contributed by atoms with Crippen LogP contribution < -0.4 is 5.32 Å². The molecule has 16 heavy (non-hydrogen) atoms. The van der Waals surface area contributed by atoms with Gasteiger partial charge in [-0.3, -0.25) is 9.78 Å². The molecule has 2 N–H and O–H groups in total. The normalized spacial score (nSPS) is 11.8. The molecule has 0 saturated heterocycles. The van der Waals surface area contributed by atoms with Crippen LogP contribution in [-0.2, 0) is 4.79 Å². The van der Waals surface area contributed by atoms with Gasteiger partial charge in [0.05, 0.1) is 0 Å². The van der Waals surface area contributed by atoms with E-state index in [0.717, 1.165) is 0 Å². The predicted octanol–water partition coefficient (Wildman–Crippen LogP) is 1.06. The van der Waals surface area contributed by atoms with Crippen LogP contribution in [0.1, 0.15) is 30.1 Å². The van der Waals surface area contributed by atoms with Crippen molar-refractivity contribution in [1.29, 1.82) is 0 Å². The SMILES string of the molecule is CCC[C@H](NC(=O)c1ccncc1)C(=O)O. The van der Waals surface area contributed by atoms with Gasteiger partial charge in [-0.15, -0.1) is 0 Å². The van der Waals surface area contributed by atoms with Crippen LogP contribution in [0.15, 0.2) is 24.5 Å². The molecule has 0 spiro atoms. The number of pyridine rings is 1. The van der Waals surface area contributed by atoms with E-state index in [1.807, 2.05) is 6.92 Å². The maximum absolute atomic E-state index is 11.6. The van der Waals surface area contributed by atoms with Crippen LogP contribution >= 0.6 is 0 Å². The van der Waals surface area contributed by atoms with Crippen LogP contribution in [0.25, 0.3) is 0 Å². The molecule has 1 atom stereocenters. The molecule has 1 amide bonds. The molecule has 0 aliphatic heterocycles. The number of carbonyl (C=O) groups excluding carboxylic acids is 1. The molecule has 0 saturated carbocycles. The molecule has 0 bridgehead atoms.